The van der Waals surface area contributed by atoms with Crippen LogP contribution >= 0.6 is 24.8 Å². The van der Waals surface area contributed by atoms with E-state index in [4.69, 9.17) is 0 Å². The molecule has 6 heteroatoms. The zero-order valence-electron chi connectivity index (χ0n) is 16.2. The Morgan fingerprint density at radius 1 is 1.12 bits per heavy atom. The van der Waals surface area contributed by atoms with Crippen LogP contribution in [0, 0.1) is 5.41 Å². The first-order valence-corrected chi connectivity index (χ1v) is 8.91. The Hall–Kier alpha value is -0.680. The van der Waals surface area contributed by atoms with E-state index < -0.39 is 0 Å². The quantitative estimate of drug-likeness (QED) is 0.792. The number of nitrogens with one attached hydrogen (secondary N) is 1. The summed E-state index contributed by atoms with van der Waals surface area (Å²) in [4.78, 5) is 4.77. The van der Waals surface area contributed by atoms with Crippen LogP contribution in [0.1, 0.15) is 46.2 Å². The fraction of sp³-hybridized carbons (Fsp3) is 0.684. The van der Waals surface area contributed by atoms with E-state index in [2.05, 4.69) is 61.9 Å². The van der Waals surface area contributed by atoms with Gasteiger partial charge in [0.15, 0.2) is 0 Å². The average Bonchev–Trinajstić information content (AvgIpc) is 2.51. The molecular formula is C19H35Cl2N3O. The van der Waals surface area contributed by atoms with Gasteiger partial charge in [-0.3, -0.25) is 4.90 Å². The number of anilines is 1. The summed E-state index contributed by atoms with van der Waals surface area (Å²) >= 11 is 0. The molecule has 2 N–H and O–H groups in total. The molecule has 1 aromatic rings. The van der Waals surface area contributed by atoms with Crippen LogP contribution in [-0.4, -0.2) is 49.3 Å². The fourth-order valence-corrected chi connectivity index (χ4v) is 3.70. The third-order valence-corrected chi connectivity index (χ3v) is 4.77. The van der Waals surface area contributed by atoms with E-state index in [0.29, 0.717) is 5.75 Å². The van der Waals surface area contributed by atoms with Crippen molar-refractivity contribution in [3.05, 3.63) is 23.8 Å². The van der Waals surface area contributed by atoms with Crippen molar-refractivity contribution in [3.8, 4) is 5.75 Å². The summed E-state index contributed by atoms with van der Waals surface area (Å²) in [7, 11) is 0. The second-order valence-electron chi connectivity index (χ2n) is 7.47. The number of rotatable bonds is 5. The van der Waals surface area contributed by atoms with Gasteiger partial charge in [-0.2, -0.15) is 0 Å². The van der Waals surface area contributed by atoms with Crippen molar-refractivity contribution in [2.45, 2.75) is 40.7 Å². The summed E-state index contributed by atoms with van der Waals surface area (Å²) in [5, 5.41) is 14.1. The molecule has 4 nitrogen and oxygen atoms in total. The number of nitrogens with zero attached hydrogens (tertiary/aromatic N) is 2. The van der Waals surface area contributed by atoms with E-state index in [1.165, 1.54) is 0 Å². The van der Waals surface area contributed by atoms with Crippen LogP contribution in [0.15, 0.2) is 18.2 Å². The Labute approximate surface area is 165 Å². The minimum absolute atomic E-state index is 0. The summed E-state index contributed by atoms with van der Waals surface area (Å²) in [5.41, 5.74) is 2.23. The molecule has 1 aromatic carbocycles. The van der Waals surface area contributed by atoms with E-state index >= 15 is 0 Å². The topological polar surface area (TPSA) is 38.7 Å². The Kier molecular flexibility index (Phi) is 10.2. The molecule has 0 aromatic heterocycles. The van der Waals surface area contributed by atoms with Crippen molar-refractivity contribution in [2.24, 2.45) is 5.41 Å². The fourth-order valence-electron chi connectivity index (χ4n) is 3.70. The van der Waals surface area contributed by atoms with Crippen molar-refractivity contribution in [2.75, 3.05) is 44.2 Å². The average molecular weight is 392 g/mol. The number of hydrogen-bond donors (Lipinski definition) is 2. The van der Waals surface area contributed by atoms with Gasteiger partial charge in [-0.05, 0) is 25.3 Å². The van der Waals surface area contributed by atoms with Crippen molar-refractivity contribution in [3.63, 3.8) is 0 Å². The Bertz CT molecular complexity index is 510. The van der Waals surface area contributed by atoms with E-state index in [1.807, 2.05) is 6.07 Å². The summed E-state index contributed by atoms with van der Waals surface area (Å²) in [5.74, 6) is 0.424. The lowest BCUT2D eigenvalue weighted by Crippen LogP contribution is -2.48. The molecule has 0 saturated carbocycles. The zero-order valence-corrected chi connectivity index (χ0v) is 17.8. The summed E-state index contributed by atoms with van der Waals surface area (Å²) in [6, 6.07) is 6.45. The van der Waals surface area contributed by atoms with Gasteiger partial charge in [0.25, 0.3) is 0 Å². The lowest BCUT2D eigenvalue weighted by atomic mass is 9.80. The molecule has 25 heavy (non-hydrogen) atoms. The predicted octanol–water partition coefficient (Wildman–Crippen LogP) is 4.07. The van der Waals surface area contributed by atoms with Crippen molar-refractivity contribution < 1.29 is 5.11 Å². The van der Waals surface area contributed by atoms with Gasteiger partial charge in [0.05, 0.1) is 0 Å². The van der Waals surface area contributed by atoms with Crippen LogP contribution in [-0.2, 0) is 0 Å². The van der Waals surface area contributed by atoms with Crippen molar-refractivity contribution in [1.29, 1.82) is 0 Å². The highest BCUT2D eigenvalue weighted by Crippen LogP contribution is 2.42. The number of piperazine rings is 1. The number of aromatic hydroxyl groups is 1. The molecule has 0 bridgehead atoms. The molecule has 1 aliphatic heterocycles. The summed E-state index contributed by atoms with van der Waals surface area (Å²) in [6.45, 7) is 17.1. The first-order valence-electron chi connectivity index (χ1n) is 8.91. The van der Waals surface area contributed by atoms with E-state index in [9.17, 15) is 5.11 Å². The molecule has 0 radical (unpaired) electrons. The highest BCUT2D eigenvalue weighted by molar-refractivity contribution is 5.85. The van der Waals surface area contributed by atoms with E-state index in [0.717, 1.165) is 50.5 Å². The van der Waals surface area contributed by atoms with Gasteiger partial charge in [0.1, 0.15) is 5.75 Å². The molecule has 1 aliphatic rings. The largest absolute Gasteiger partial charge is 0.508 e. The molecule has 0 amide bonds. The van der Waals surface area contributed by atoms with Crippen molar-refractivity contribution in [1.82, 2.24) is 10.2 Å². The number of benzene rings is 1. The van der Waals surface area contributed by atoms with Crippen LogP contribution in [0.3, 0.4) is 0 Å². The molecule has 1 atom stereocenters. The maximum Gasteiger partial charge on any atom is 0.122 e. The third kappa shape index (κ3) is 5.92. The lowest BCUT2D eigenvalue weighted by molar-refractivity contribution is 0.0842. The molecule has 0 spiro atoms. The monoisotopic (exact) mass is 391 g/mol. The summed E-state index contributed by atoms with van der Waals surface area (Å²) in [6.07, 6.45) is 0. The number of phenols is 1. The Morgan fingerprint density at radius 3 is 2.12 bits per heavy atom. The molecule has 1 saturated heterocycles. The van der Waals surface area contributed by atoms with Crippen LogP contribution in [0.2, 0.25) is 0 Å². The second kappa shape index (κ2) is 10.5. The Morgan fingerprint density at radius 2 is 1.68 bits per heavy atom. The number of phenolic OH excluding ortho intramolecular Hbond substituents is 1. The maximum atomic E-state index is 10.7. The molecule has 146 valence electrons. The number of halogens is 2. The lowest BCUT2D eigenvalue weighted by Gasteiger charge is -2.43. The zero-order chi connectivity index (χ0) is 17.0. The Balaban J connectivity index is 0.00000288. The molecular weight excluding hydrogens is 357 g/mol. The first-order chi connectivity index (χ1) is 10.9. The van der Waals surface area contributed by atoms with Gasteiger partial charge in [-0.1, -0.05) is 26.8 Å². The molecule has 0 aliphatic carbocycles. The van der Waals surface area contributed by atoms with Gasteiger partial charge in [0, 0.05) is 62.6 Å². The van der Waals surface area contributed by atoms with Crippen LogP contribution in [0.4, 0.5) is 5.69 Å². The molecule has 1 heterocycles. The minimum atomic E-state index is 0. The molecule has 2 rings (SSSR count). The standard InChI is InChI=1S/C19H33N3O.2ClH/c1-6-21(7-2)15-8-9-16(17(23)14-15)18(19(3,4)5)22-12-10-20-11-13-22;;/h8-9,14,18,20,23H,6-7,10-13H2,1-5H3;2*1H/t18-;;/m1../s1. The second-order valence-corrected chi connectivity index (χ2v) is 7.47. The van der Waals surface area contributed by atoms with Crippen LogP contribution in [0.25, 0.3) is 0 Å². The molecule has 0 unspecified atom stereocenters. The van der Waals surface area contributed by atoms with Crippen LogP contribution in [0.5, 0.6) is 5.75 Å². The van der Waals surface area contributed by atoms with Gasteiger partial charge < -0.3 is 15.3 Å². The number of hydrogen-bond acceptors (Lipinski definition) is 4. The van der Waals surface area contributed by atoms with Gasteiger partial charge in [-0.25, -0.2) is 0 Å². The van der Waals surface area contributed by atoms with E-state index in [-0.39, 0.29) is 36.3 Å². The highest BCUT2D eigenvalue weighted by atomic mass is 35.5. The van der Waals surface area contributed by atoms with E-state index in [1.54, 1.807) is 0 Å². The third-order valence-electron chi connectivity index (χ3n) is 4.77. The minimum Gasteiger partial charge on any atom is -0.508 e. The van der Waals surface area contributed by atoms with Gasteiger partial charge in [-0.15, -0.1) is 24.8 Å². The van der Waals surface area contributed by atoms with Gasteiger partial charge >= 0.3 is 0 Å². The van der Waals surface area contributed by atoms with Crippen molar-refractivity contribution >= 4 is 30.5 Å². The predicted molar refractivity (Wildman–Crippen MR) is 113 cm³/mol. The van der Waals surface area contributed by atoms with Gasteiger partial charge in [0.2, 0.25) is 0 Å². The summed E-state index contributed by atoms with van der Waals surface area (Å²) < 4.78 is 0. The normalized spacial score (nSPS) is 16.5. The smallest absolute Gasteiger partial charge is 0.122 e. The maximum absolute atomic E-state index is 10.7. The SMILES string of the molecule is CCN(CC)c1ccc([C@@H](N2CCNCC2)C(C)(C)C)c(O)c1.Cl.Cl. The van der Waals surface area contributed by atoms with Crippen LogP contribution < -0.4 is 10.2 Å². The molecule has 1 fully saturated rings. The first kappa shape index (κ1) is 24.3. The highest BCUT2D eigenvalue weighted by Gasteiger charge is 2.34.